The van der Waals surface area contributed by atoms with Gasteiger partial charge in [0.15, 0.2) is 0 Å². The molecular formula is C18H21N3O2S2. The molecule has 132 valence electrons. The van der Waals surface area contributed by atoms with Crippen LogP contribution in [-0.4, -0.2) is 24.7 Å². The van der Waals surface area contributed by atoms with Gasteiger partial charge in [0, 0.05) is 23.8 Å². The second-order valence-corrected chi connectivity index (χ2v) is 8.51. The van der Waals surface area contributed by atoms with Crippen LogP contribution >= 0.6 is 11.3 Å². The first-order valence-corrected chi connectivity index (χ1v) is 10.6. The van der Waals surface area contributed by atoms with Crippen LogP contribution in [0.15, 0.2) is 65.1 Å². The van der Waals surface area contributed by atoms with Gasteiger partial charge < -0.3 is 0 Å². The Bertz CT molecular complexity index is 837. The fourth-order valence-electron chi connectivity index (χ4n) is 2.67. The predicted molar refractivity (Wildman–Crippen MR) is 100 cm³/mol. The van der Waals surface area contributed by atoms with Gasteiger partial charge >= 0.3 is 0 Å². The quantitative estimate of drug-likeness (QED) is 0.656. The van der Waals surface area contributed by atoms with E-state index in [9.17, 15) is 8.42 Å². The van der Waals surface area contributed by atoms with Crippen LogP contribution in [0.5, 0.6) is 0 Å². The van der Waals surface area contributed by atoms with Gasteiger partial charge in [0.05, 0.1) is 10.9 Å². The van der Waals surface area contributed by atoms with Crippen molar-refractivity contribution in [2.45, 2.75) is 30.7 Å². The molecule has 2 aromatic heterocycles. The molecule has 0 bridgehead atoms. The first-order chi connectivity index (χ1) is 12.1. The molecule has 5 nitrogen and oxygen atoms in total. The third-order valence-electron chi connectivity index (χ3n) is 3.95. The molecule has 0 saturated carbocycles. The lowest BCUT2D eigenvalue weighted by atomic mass is 10.1. The molecule has 3 aromatic rings. The van der Waals surface area contributed by atoms with E-state index in [1.165, 1.54) is 0 Å². The molecule has 0 saturated heterocycles. The molecule has 0 fully saturated rings. The van der Waals surface area contributed by atoms with E-state index in [0.29, 0.717) is 0 Å². The van der Waals surface area contributed by atoms with E-state index in [1.807, 2.05) is 41.9 Å². The molecule has 25 heavy (non-hydrogen) atoms. The van der Waals surface area contributed by atoms with E-state index in [1.54, 1.807) is 34.3 Å². The fourth-order valence-corrected chi connectivity index (χ4v) is 4.52. The number of aryl methyl sites for hydroxylation is 1. The first-order valence-electron chi connectivity index (χ1n) is 8.21. The lowest BCUT2D eigenvalue weighted by molar-refractivity contribution is 0.511. The van der Waals surface area contributed by atoms with E-state index >= 15 is 0 Å². The highest BCUT2D eigenvalue weighted by atomic mass is 32.2. The molecule has 0 radical (unpaired) electrons. The van der Waals surface area contributed by atoms with Gasteiger partial charge in [0.1, 0.15) is 0 Å². The summed E-state index contributed by atoms with van der Waals surface area (Å²) in [4.78, 5) is 1.35. The molecule has 0 aliphatic rings. The monoisotopic (exact) mass is 375 g/mol. The molecule has 0 aliphatic carbocycles. The number of hydrogen-bond acceptors (Lipinski definition) is 4. The Balaban J connectivity index is 1.75. The van der Waals surface area contributed by atoms with E-state index in [4.69, 9.17) is 0 Å². The molecule has 0 aliphatic heterocycles. The Labute approximate surface area is 152 Å². The average molecular weight is 376 g/mol. The van der Waals surface area contributed by atoms with E-state index in [2.05, 4.69) is 16.7 Å². The Morgan fingerprint density at radius 2 is 2.00 bits per heavy atom. The molecule has 0 amide bonds. The van der Waals surface area contributed by atoms with Gasteiger partial charge in [-0.2, -0.15) is 5.10 Å². The lowest BCUT2D eigenvalue weighted by Crippen LogP contribution is -2.31. The van der Waals surface area contributed by atoms with Crippen molar-refractivity contribution < 1.29 is 8.42 Å². The van der Waals surface area contributed by atoms with Gasteiger partial charge in [-0.15, -0.1) is 11.3 Å². The maximum Gasteiger partial charge on any atom is 0.240 e. The summed E-state index contributed by atoms with van der Waals surface area (Å²) in [5, 5.41) is 6.25. The minimum atomic E-state index is -3.56. The summed E-state index contributed by atoms with van der Waals surface area (Å²) in [6.07, 6.45) is 5.53. The van der Waals surface area contributed by atoms with Crippen LogP contribution in [0.25, 0.3) is 0 Å². The standard InChI is InChI=1S/C18H21N3O2S2/c1-2-5-15-7-9-16(10-8-15)25(22,23)20-14-17(18-6-3-13-24-18)21-12-4-11-19-21/h3-4,6-13,17,20H,2,5,14H2,1H3. The maximum atomic E-state index is 12.6. The minimum Gasteiger partial charge on any atom is -0.263 e. The van der Waals surface area contributed by atoms with Gasteiger partial charge in [-0.25, -0.2) is 13.1 Å². The average Bonchev–Trinajstić information content (AvgIpc) is 3.30. The summed E-state index contributed by atoms with van der Waals surface area (Å²) in [7, 11) is -3.56. The predicted octanol–water partition coefficient (Wildman–Crippen LogP) is 3.47. The van der Waals surface area contributed by atoms with Gasteiger partial charge in [-0.1, -0.05) is 31.5 Å². The largest absolute Gasteiger partial charge is 0.263 e. The van der Waals surface area contributed by atoms with Gasteiger partial charge in [-0.3, -0.25) is 4.68 Å². The van der Waals surface area contributed by atoms with Gasteiger partial charge in [-0.05, 0) is 41.6 Å². The van der Waals surface area contributed by atoms with Crippen molar-refractivity contribution in [2.75, 3.05) is 6.54 Å². The van der Waals surface area contributed by atoms with Crippen molar-refractivity contribution in [3.63, 3.8) is 0 Å². The smallest absolute Gasteiger partial charge is 0.240 e. The molecule has 2 heterocycles. The molecule has 1 aromatic carbocycles. The highest BCUT2D eigenvalue weighted by molar-refractivity contribution is 7.89. The molecule has 3 rings (SSSR count). The number of aromatic nitrogens is 2. The Hall–Kier alpha value is -1.96. The van der Waals surface area contributed by atoms with Crippen LogP contribution in [-0.2, 0) is 16.4 Å². The maximum absolute atomic E-state index is 12.6. The number of sulfonamides is 1. The highest BCUT2D eigenvalue weighted by Gasteiger charge is 2.20. The zero-order valence-corrected chi connectivity index (χ0v) is 15.6. The zero-order chi connectivity index (χ0) is 17.7. The Morgan fingerprint density at radius 3 is 2.60 bits per heavy atom. The normalized spacial score (nSPS) is 13.0. The van der Waals surface area contributed by atoms with E-state index in [-0.39, 0.29) is 17.5 Å². The van der Waals surface area contributed by atoms with Crippen molar-refractivity contribution >= 4 is 21.4 Å². The fraction of sp³-hybridized carbons (Fsp3) is 0.278. The second kappa shape index (κ2) is 7.95. The molecule has 1 N–H and O–H groups in total. The summed E-state index contributed by atoms with van der Waals surface area (Å²) in [5.41, 5.74) is 1.15. The van der Waals surface area contributed by atoms with Crippen LogP contribution in [0, 0.1) is 0 Å². The number of thiophene rings is 1. The summed E-state index contributed by atoms with van der Waals surface area (Å²) in [5.74, 6) is 0. The van der Waals surface area contributed by atoms with E-state index < -0.39 is 10.0 Å². The number of rotatable bonds is 8. The first kappa shape index (κ1) is 17.8. The summed E-state index contributed by atoms with van der Waals surface area (Å²) in [6, 6.07) is 12.7. The molecular weight excluding hydrogens is 354 g/mol. The van der Waals surface area contributed by atoms with Crippen molar-refractivity contribution in [1.29, 1.82) is 0 Å². The van der Waals surface area contributed by atoms with Crippen LogP contribution in [0.3, 0.4) is 0 Å². The van der Waals surface area contributed by atoms with Crippen molar-refractivity contribution in [3.05, 3.63) is 70.7 Å². The molecule has 1 atom stereocenters. The lowest BCUT2D eigenvalue weighted by Gasteiger charge is -2.17. The number of nitrogens with one attached hydrogen (secondary N) is 1. The number of nitrogens with zero attached hydrogens (tertiary/aromatic N) is 2. The Morgan fingerprint density at radius 1 is 1.20 bits per heavy atom. The zero-order valence-electron chi connectivity index (χ0n) is 14.0. The third-order valence-corrected chi connectivity index (χ3v) is 6.37. The summed E-state index contributed by atoms with van der Waals surface area (Å²) in [6.45, 7) is 2.35. The van der Waals surface area contributed by atoms with Crippen molar-refractivity contribution in [2.24, 2.45) is 0 Å². The van der Waals surface area contributed by atoms with E-state index in [0.717, 1.165) is 23.3 Å². The highest BCUT2D eigenvalue weighted by Crippen LogP contribution is 2.22. The van der Waals surface area contributed by atoms with Crippen LogP contribution < -0.4 is 4.72 Å². The van der Waals surface area contributed by atoms with Gasteiger partial charge in [0.25, 0.3) is 0 Å². The molecule has 7 heteroatoms. The third kappa shape index (κ3) is 4.36. The van der Waals surface area contributed by atoms with Crippen LogP contribution in [0.1, 0.15) is 29.8 Å². The van der Waals surface area contributed by atoms with Crippen LogP contribution in [0.2, 0.25) is 0 Å². The summed E-state index contributed by atoms with van der Waals surface area (Å²) < 4.78 is 29.7. The molecule has 0 spiro atoms. The minimum absolute atomic E-state index is 0.163. The second-order valence-electron chi connectivity index (χ2n) is 5.76. The summed E-state index contributed by atoms with van der Waals surface area (Å²) >= 11 is 1.59. The van der Waals surface area contributed by atoms with Gasteiger partial charge in [0.2, 0.25) is 10.0 Å². The number of hydrogen-bond donors (Lipinski definition) is 1. The van der Waals surface area contributed by atoms with Crippen molar-refractivity contribution in [1.82, 2.24) is 14.5 Å². The Kier molecular flexibility index (Phi) is 5.67. The molecule has 1 unspecified atom stereocenters. The van der Waals surface area contributed by atoms with Crippen LogP contribution in [0.4, 0.5) is 0 Å². The SMILES string of the molecule is CCCc1ccc(S(=O)(=O)NCC(c2cccs2)n2cccn2)cc1. The number of benzene rings is 1. The van der Waals surface area contributed by atoms with Crippen molar-refractivity contribution in [3.8, 4) is 0 Å². The topological polar surface area (TPSA) is 64.0 Å².